The van der Waals surface area contributed by atoms with Crippen LogP contribution >= 0.6 is 15.9 Å². The van der Waals surface area contributed by atoms with E-state index in [0.29, 0.717) is 0 Å². The molecule has 5 aromatic rings. The molecule has 5 rings (SSSR count). The van der Waals surface area contributed by atoms with E-state index in [0.717, 1.165) is 0 Å². The van der Waals surface area contributed by atoms with E-state index >= 15 is 0 Å². The van der Waals surface area contributed by atoms with Gasteiger partial charge in [-0.05, 0) is 31.9 Å². The molecule has 0 aliphatic carbocycles. The molecular weight excluding hydrogens is 468 g/mol. The average molecular weight is 492 g/mol. The molecule has 0 spiro atoms. The smallest absolute Gasteiger partial charge is 0.0623 e. The maximum absolute atomic E-state index is 4.08. The summed E-state index contributed by atoms with van der Waals surface area (Å²) in [6.07, 6.45) is 0. The molecule has 0 bridgehead atoms. The highest BCUT2D eigenvalue weighted by Crippen LogP contribution is 2.28. The summed E-state index contributed by atoms with van der Waals surface area (Å²) in [5, 5.41) is 5.50. The first-order valence-electron chi connectivity index (χ1n) is 10.8. The lowest BCUT2D eigenvalue weighted by Gasteiger charge is -2.35. The molecule has 0 nitrogen and oxygen atoms in total. The van der Waals surface area contributed by atoms with Crippen molar-refractivity contribution in [1.29, 1.82) is 0 Å². The normalized spacial score (nSPS) is 11.3. The van der Waals surface area contributed by atoms with Crippen molar-refractivity contribution >= 4 is 44.8 Å². The standard InChI is InChI=1S/C30H23BrSi/c31-30-28(24-14-5-1-6-15-24)22-13-23-29(30)32(25-16-7-2-8-17-25,26-18-9-3-10-19-26)27-20-11-4-12-21-27/h1-23H. The minimum Gasteiger partial charge on any atom is -0.0623 e. The largest absolute Gasteiger partial charge is 0.180 e. The van der Waals surface area contributed by atoms with E-state index in [4.69, 9.17) is 0 Å². The predicted molar refractivity (Wildman–Crippen MR) is 143 cm³/mol. The molecular formula is C30H23BrSi. The maximum Gasteiger partial charge on any atom is 0.180 e. The minimum absolute atomic E-state index is 1.18. The fourth-order valence-corrected chi connectivity index (χ4v) is 10.9. The third kappa shape index (κ3) is 3.56. The predicted octanol–water partition coefficient (Wildman–Crippen LogP) is 5.49. The van der Waals surface area contributed by atoms with Gasteiger partial charge in [-0.25, -0.2) is 0 Å². The van der Waals surface area contributed by atoms with Crippen LogP contribution in [0.1, 0.15) is 0 Å². The van der Waals surface area contributed by atoms with Crippen LogP contribution < -0.4 is 20.7 Å². The Hall–Kier alpha value is -3.20. The van der Waals surface area contributed by atoms with E-state index in [-0.39, 0.29) is 0 Å². The molecule has 5 aromatic carbocycles. The molecule has 0 unspecified atom stereocenters. The van der Waals surface area contributed by atoms with Crippen molar-refractivity contribution in [1.82, 2.24) is 0 Å². The molecule has 0 radical (unpaired) electrons. The number of hydrogen-bond acceptors (Lipinski definition) is 0. The van der Waals surface area contributed by atoms with E-state index in [1.165, 1.54) is 36.3 Å². The molecule has 0 aliphatic heterocycles. The van der Waals surface area contributed by atoms with Gasteiger partial charge >= 0.3 is 0 Å². The number of hydrogen-bond donors (Lipinski definition) is 0. The third-order valence-electron chi connectivity index (χ3n) is 6.11. The number of benzene rings is 5. The van der Waals surface area contributed by atoms with Gasteiger partial charge in [0.1, 0.15) is 0 Å². The van der Waals surface area contributed by atoms with Crippen LogP contribution in [0.5, 0.6) is 0 Å². The molecule has 0 fully saturated rings. The lowest BCUT2D eigenvalue weighted by molar-refractivity contribution is 1.59. The van der Waals surface area contributed by atoms with Crippen LogP contribution in [0.4, 0.5) is 0 Å². The highest BCUT2D eigenvalue weighted by molar-refractivity contribution is 9.10. The SMILES string of the molecule is Brc1c(-c2ccccc2)cccc1[Si](c1ccccc1)(c1ccccc1)c1ccccc1. The Balaban J connectivity index is 1.90. The Morgan fingerprint density at radius 3 is 1.25 bits per heavy atom. The van der Waals surface area contributed by atoms with E-state index in [1.807, 2.05) is 0 Å². The zero-order valence-corrected chi connectivity index (χ0v) is 20.2. The number of halogens is 1. The van der Waals surface area contributed by atoms with E-state index in [1.54, 1.807) is 0 Å². The molecule has 32 heavy (non-hydrogen) atoms. The molecule has 0 heterocycles. The van der Waals surface area contributed by atoms with Crippen LogP contribution in [-0.2, 0) is 0 Å². The molecule has 154 valence electrons. The average Bonchev–Trinajstić information content (AvgIpc) is 2.88. The van der Waals surface area contributed by atoms with Gasteiger partial charge in [-0.1, -0.05) is 155 Å². The fourth-order valence-electron chi connectivity index (χ4n) is 4.69. The Labute approximate surface area is 199 Å². The Morgan fingerprint density at radius 2 is 0.812 bits per heavy atom. The summed E-state index contributed by atoms with van der Waals surface area (Å²) in [6.45, 7) is 0. The molecule has 0 atom stereocenters. The summed E-state index contributed by atoms with van der Waals surface area (Å²) < 4.78 is 1.18. The second-order valence-corrected chi connectivity index (χ2v) is 12.4. The topological polar surface area (TPSA) is 0 Å². The fraction of sp³-hybridized carbons (Fsp3) is 0. The summed E-state index contributed by atoms with van der Waals surface area (Å²) in [7, 11) is -2.56. The molecule has 0 aliphatic rings. The second kappa shape index (κ2) is 9.11. The van der Waals surface area contributed by atoms with Gasteiger partial charge < -0.3 is 0 Å². The van der Waals surface area contributed by atoms with Crippen molar-refractivity contribution in [2.24, 2.45) is 0 Å². The lowest BCUT2D eigenvalue weighted by atomic mass is 10.1. The van der Waals surface area contributed by atoms with Gasteiger partial charge in [-0.2, -0.15) is 0 Å². The van der Waals surface area contributed by atoms with Gasteiger partial charge in [-0.15, -0.1) is 0 Å². The summed E-state index contributed by atoms with van der Waals surface area (Å²) in [5.74, 6) is 0. The first kappa shape index (κ1) is 20.7. The Bertz CT molecular complexity index is 1200. The van der Waals surface area contributed by atoms with Crippen molar-refractivity contribution < 1.29 is 0 Å². The molecule has 0 saturated carbocycles. The summed E-state index contributed by atoms with van der Waals surface area (Å²) in [6, 6.07) is 50.5. The molecule has 2 heteroatoms. The number of rotatable bonds is 5. The van der Waals surface area contributed by atoms with E-state index in [2.05, 4.69) is 155 Å². The van der Waals surface area contributed by atoms with Crippen LogP contribution in [0.15, 0.2) is 144 Å². The summed E-state index contributed by atoms with van der Waals surface area (Å²) in [4.78, 5) is 0. The molecule has 0 N–H and O–H groups in total. The van der Waals surface area contributed by atoms with Crippen molar-refractivity contribution in [2.45, 2.75) is 0 Å². The van der Waals surface area contributed by atoms with Crippen molar-refractivity contribution in [3.63, 3.8) is 0 Å². The second-order valence-electron chi connectivity index (χ2n) is 7.88. The molecule has 0 aromatic heterocycles. The van der Waals surface area contributed by atoms with Crippen LogP contribution in [0.2, 0.25) is 0 Å². The van der Waals surface area contributed by atoms with Gasteiger partial charge in [0.25, 0.3) is 0 Å². The Morgan fingerprint density at radius 1 is 0.406 bits per heavy atom. The first-order valence-corrected chi connectivity index (χ1v) is 13.6. The first-order chi connectivity index (χ1) is 15.8. The van der Waals surface area contributed by atoms with Crippen molar-refractivity contribution in [2.75, 3.05) is 0 Å². The quantitative estimate of drug-likeness (QED) is 0.225. The van der Waals surface area contributed by atoms with Gasteiger partial charge in [0.15, 0.2) is 8.07 Å². The van der Waals surface area contributed by atoms with Crippen LogP contribution in [0.3, 0.4) is 0 Å². The lowest BCUT2D eigenvalue weighted by Crippen LogP contribution is -2.75. The highest BCUT2D eigenvalue weighted by atomic mass is 79.9. The van der Waals surface area contributed by atoms with Gasteiger partial charge in [0, 0.05) is 4.47 Å². The minimum atomic E-state index is -2.56. The van der Waals surface area contributed by atoms with Crippen LogP contribution in [-0.4, -0.2) is 8.07 Å². The monoisotopic (exact) mass is 490 g/mol. The van der Waals surface area contributed by atoms with Crippen molar-refractivity contribution in [3.05, 3.63) is 144 Å². The van der Waals surface area contributed by atoms with Crippen molar-refractivity contribution in [3.8, 4) is 11.1 Å². The highest BCUT2D eigenvalue weighted by Gasteiger charge is 2.42. The molecule has 0 amide bonds. The zero-order valence-electron chi connectivity index (χ0n) is 17.7. The zero-order chi connectivity index (χ0) is 21.8. The van der Waals surface area contributed by atoms with E-state index in [9.17, 15) is 0 Å². The van der Waals surface area contributed by atoms with Gasteiger partial charge in [0.05, 0.1) is 0 Å². The Kier molecular flexibility index (Phi) is 5.89. The summed E-state index contributed by atoms with van der Waals surface area (Å²) >= 11 is 4.08. The summed E-state index contributed by atoms with van der Waals surface area (Å²) in [5.41, 5.74) is 2.45. The van der Waals surface area contributed by atoms with Crippen LogP contribution in [0.25, 0.3) is 11.1 Å². The van der Waals surface area contributed by atoms with Gasteiger partial charge in [-0.3, -0.25) is 0 Å². The molecule has 0 saturated heterocycles. The van der Waals surface area contributed by atoms with Crippen LogP contribution in [0, 0.1) is 0 Å². The van der Waals surface area contributed by atoms with E-state index < -0.39 is 8.07 Å². The van der Waals surface area contributed by atoms with Gasteiger partial charge in [0.2, 0.25) is 0 Å². The third-order valence-corrected chi connectivity index (χ3v) is 12.2. The maximum atomic E-state index is 4.08.